The first-order chi connectivity index (χ1) is 9.24. The van der Waals surface area contributed by atoms with Crippen molar-refractivity contribution in [3.05, 3.63) is 29.8 Å². The summed E-state index contributed by atoms with van der Waals surface area (Å²) in [6.45, 7) is 8.89. The van der Waals surface area contributed by atoms with Crippen molar-refractivity contribution >= 4 is 11.6 Å². The quantitative estimate of drug-likeness (QED) is 0.773. The molecule has 0 aliphatic carbocycles. The molecule has 1 aromatic carbocycles. The topological polar surface area (TPSA) is 32.3 Å². The van der Waals surface area contributed by atoms with Crippen molar-refractivity contribution in [3.8, 4) is 0 Å². The zero-order valence-corrected chi connectivity index (χ0v) is 12.4. The Kier molecular flexibility index (Phi) is 7.01. The van der Waals surface area contributed by atoms with Gasteiger partial charge in [0.2, 0.25) is 0 Å². The van der Waals surface area contributed by atoms with Gasteiger partial charge in [0, 0.05) is 25.3 Å². The Bertz CT molecular complexity index is 384. The summed E-state index contributed by atoms with van der Waals surface area (Å²) < 4.78 is 0. The molecule has 0 heterocycles. The smallest absolute Gasteiger partial charge is 0.255 e. The van der Waals surface area contributed by atoms with Crippen molar-refractivity contribution in [2.24, 2.45) is 0 Å². The largest absolute Gasteiger partial charge is 0.384 e. The molecule has 0 atom stereocenters. The number of rotatable bonds is 8. The summed E-state index contributed by atoms with van der Waals surface area (Å²) in [6.07, 6.45) is 3.04. The average Bonchev–Trinajstić information content (AvgIpc) is 2.44. The van der Waals surface area contributed by atoms with Crippen molar-refractivity contribution in [2.75, 3.05) is 25.0 Å². The first kappa shape index (κ1) is 15.5. The molecule has 1 rings (SSSR count). The lowest BCUT2D eigenvalue weighted by atomic mass is 10.1. The molecule has 1 amide bonds. The minimum atomic E-state index is 0.142. The number of hydrogen-bond donors (Lipinski definition) is 1. The zero-order valence-electron chi connectivity index (χ0n) is 12.4. The van der Waals surface area contributed by atoms with E-state index in [1.807, 2.05) is 29.2 Å². The van der Waals surface area contributed by atoms with Gasteiger partial charge in [-0.25, -0.2) is 0 Å². The van der Waals surface area contributed by atoms with Gasteiger partial charge in [0.25, 0.3) is 5.91 Å². The third kappa shape index (κ3) is 4.58. The van der Waals surface area contributed by atoms with Crippen LogP contribution in [0.15, 0.2) is 24.3 Å². The molecule has 0 aliphatic heterocycles. The SMILES string of the molecule is CCCNc1ccccc1C(=O)N(CCC)CCC. The van der Waals surface area contributed by atoms with Crippen LogP contribution in [-0.2, 0) is 0 Å². The molecule has 0 fully saturated rings. The molecule has 1 aromatic rings. The van der Waals surface area contributed by atoms with E-state index in [4.69, 9.17) is 0 Å². The van der Waals surface area contributed by atoms with E-state index in [0.717, 1.165) is 50.1 Å². The van der Waals surface area contributed by atoms with Gasteiger partial charge in [-0.15, -0.1) is 0 Å². The number of benzene rings is 1. The molecule has 0 radical (unpaired) electrons. The molecular weight excluding hydrogens is 236 g/mol. The Labute approximate surface area is 117 Å². The van der Waals surface area contributed by atoms with E-state index >= 15 is 0 Å². The zero-order chi connectivity index (χ0) is 14.1. The normalized spacial score (nSPS) is 10.3. The summed E-state index contributed by atoms with van der Waals surface area (Å²) in [7, 11) is 0. The third-order valence-electron chi connectivity index (χ3n) is 3.00. The molecule has 3 nitrogen and oxygen atoms in total. The molecule has 0 bridgehead atoms. The number of nitrogens with zero attached hydrogens (tertiary/aromatic N) is 1. The van der Waals surface area contributed by atoms with Crippen LogP contribution in [0.25, 0.3) is 0 Å². The Morgan fingerprint density at radius 3 is 2.26 bits per heavy atom. The number of amides is 1. The van der Waals surface area contributed by atoms with Crippen LogP contribution in [0.3, 0.4) is 0 Å². The minimum absolute atomic E-state index is 0.142. The van der Waals surface area contributed by atoms with Crippen LogP contribution in [0.4, 0.5) is 5.69 Å². The maximum atomic E-state index is 12.6. The highest BCUT2D eigenvalue weighted by Gasteiger charge is 2.16. The van der Waals surface area contributed by atoms with Gasteiger partial charge in [-0.2, -0.15) is 0 Å². The van der Waals surface area contributed by atoms with E-state index in [2.05, 4.69) is 26.1 Å². The molecule has 0 saturated heterocycles. The van der Waals surface area contributed by atoms with Gasteiger partial charge in [-0.05, 0) is 31.4 Å². The van der Waals surface area contributed by atoms with Gasteiger partial charge in [0.1, 0.15) is 0 Å². The Morgan fingerprint density at radius 1 is 1.05 bits per heavy atom. The Hall–Kier alpha value is -1.51. The standard InChI is InChI=1S/C16H26N2O/c1-4-11-17-15-10-8-7-9-14(15)16(19)18(12-5-2)13-6-3/h7-10,17H,4-6,11-13H2,1-3H3. The van der Waals surface area contributed by atoms with Crippen molar-refractivity contribution < 1.29 is 4.79 Å². The summed E-state index contributed by atoms with van der Waals surface area (Å²) in [5.74, 6) is 0.142. The van der Waals surface area contributed by atoms with E-state index in [1.54, 1.807) is 0 Å². The van der Waals surface area contributed by atoms with Gasteiger partial charge < -0.3 is 10.2 Å². The van der Waals surface area contributed by atoms with Crippen molar-refractivity contribution in [2.45, 2.75) is 40.0 Å². The number of nitrogens with one attached hydrogen (secondary N) is 1. The minimum Gasteiger partial charge on any atom is -0.384 e. The highest BCUT2D eigenvalue weighted by Crippen LogP contribution is 2.17. The number of hydrogen-bond acceptors (Lipinski definition) is 2. The number of carbonyl (C=O) groups excluding carboxylic acids is 1. The lowest BCUT2D eigenvalue weighted by molar-refractivity contribution is 0.0756. The Morgan fingerprint density at radius 2 is 1.68 bits per heavy atom. The summed E-state index contributed by atoms with van der Waals surface area (Å²) in [4.78, 5) is 14.5. The fourth-order valence-corrected chi connectivity index (χ4v) is 2.11. The predicted molar refractivity (Wildman–Crippen MR) is 81.7 cm³/mol. The molecule has 1 N–H and O–H groups in total. The van der Waals surface area contributed by atoms with Crippen LogP contribution in [0.2, 0.25) is 0 Å². The predicted octanol–water partition coefficient (Wildman–Crippen LogP) is 3.77. The molecule has 106 valence electrons. The summed E-state index contributed by atoms with van der Waals surface area (Å²) in [5, 5.41) is 3.34. The van der Waals surface area contributed by atoms with E-state index in [0.29, 0.717) is 0 Å². The molecule has 3 heteroatoms. The molecular formula is C16H26N2O. The van der Waals surface area contributed by atoms with Crippen LogP contribution >= 0.6 is 0 Å². The fourth-order valence-electron chi connectivity index (χ4n) is 2.11. The van der Waals surface area contributed by atoms with E-state index < -0.39 is 0 Å². The second-order valence-electron chi connectivity index (χ2n) is 4.76. The number of anilines is 1. The van der Waals surface area contributed by atoms with Crippen molar-refractivity contribution in [1.82, 2.24) is 4.90 Å². The molecule has 0 aliphatic rings. The van der Waals surface area contributed by atoms with Crippen LogP contribution in [0.5, 0.6) is 0 Å². The summed E-state index contributed by atoms with van der Waals surface area (Å²) >= 11 is 0. The van der Waals surface area contributed by atoms with Crippen LogP contribution in [0.1, 0.15) is 50.4 Å². The highest BCUT2D eigenvalue weighted by molar-refractivity contribution is 5.99. The second kappa shape index (κ2) is 8.57. The maximum absolute atomic E-state index is 12.6. The average molecular weight is 262 g/mol. The van der Waals surface area contributed by atoms with Crippen LogP contribution < -0.4 is 5.32 Å². The first-order valence-electron chi connectivity index (χ1n) is 7.36. The second-order valence-corrected chi connectivity index (χ2v) is 4.76. The van der Waals surface area contributed by atoms with Gasteiger partial charge in [0.05, 0.1) is 5.56 Å². The van der Waals surface area contributed by atoms with E-state index in [9.17, 15) is 4.79 Å². The molecule has 0 unspecified atom stereocenters. The number of carbonyl (C=O) groups is 1. The number of para-hydroxylation sites is 1. The lowest BCUT2D eigenvalue weighted by Crippen LogP contribution is -2.33. The van der Waals surface area contributed by atoms with E-state index in [-0.39, 0.29) is 5.91 Å². The third-order valence-corrected chi connectivity index (χ3v) is 3.00. The highest BCUT2D eigenvalue weighted by atomic mass is 16.2. The van der Waals surface area contributed by atoms with Gasteiger partial charge >= 0.3 is 0 Å². The monoisotopic (exact) mass is 262 g/mol. The van der Waals surface area contributed by atoms with Gasteiger partial charge in [-0.1, -0.05) is 32.9 Å². The van der Waals surface area contributed by atoms with Crippen molar-refractivity contribution in [1.29, 1.82) is 0 Å². The van der Waals surface area contributed by atoms with Gasteiger partial charge in [-0.3, -0.25) is 4.79 Å². The fraction of sp³-hybridized carbons (Fsp3) is 0.562. The maximum Gasteiger partial charge on any atom is 0.255 e. The Balaban J connectivity index is 2.89. The molecule has 0 spiro atoms. The van der Waals surface area contributed by atoms with Crippen LogP contribution in [-0.4, -0.2) is 30.4 Å². The van der Waals surface area contributed by atoms with Gasteiger partial charge in [0.15, 0.2) is 0 Å². The lowest BCUT2D eigenvalue weighted by Gasteiger charge is -2.23. The van der Waals surface area contributed by atoms with Crippen LogP contribution in [0, 0.1) is 0 Å². The first-order valence-corrected chi connectivity index (χ1v) is 7.36. The van der Waals surface area contributed by atoms with E-state index in [1.165, 1.54) is 0 Å². The molecule has 19 heavy (non-hydrogen) atoms. The van der Waals surface area contributed by atoms with Crippen molar-refractivity contribution in [3.63, 3.8) is 0 Å². The molecule has 0 aromatic heterocycles. The summed E-state index contributed by atoms with van der Waals surface area (Å²) in [6, 6.07) is 7.80. The summed E-state index contributed by atoms with van der Waals surface area (Å²) in [5.41, 5.74) is 1.74. The molecule has 0 saturated carbocycles.